The number of nitro benzene ring substituents is 1. The van der Waals surface area contributed by atoms with Crippen LogP contribution in [-0.4, -0.2) is 54.7 Å². The maximum atomic E-state index is 12.7. The second-order valence-electron chi connectivity index (χ2n) is 7.27. The SMILES string of the molecule is CCOc1cc(N)c(Cl)cc1C(=O)NCC1CN(Cc2ccc(Cl)cc2[N+](=O)[O-])CCO1. The summed E-state index contributed by atoms with van der Waals surface area (Å²) in [6, 6.07) is 7.65. The zero-order valence-corrected chi connectivity index (χ0v) is 19.0. The third-order valence-corrected chi connectivity index (χ3v) is 5.56. The Labute approximate surface area is 195 Å². The smallest absolute Gasteiger partial charge is 0.275 e. The largest absolute Gasteiger partial charge is 0.493 e. The lowest BCUT2D eigenvalue weighted by molar-refractivity contribution is -0.385. The van der Waals surface area contributed by atoms with Gasteiger partial charge in [0.2, 0.25) is 0 Å². The molecule has 0 spiro atoms. The van der Waals surface area contributed by atoms with Gasteiger partial charge in [-0.05, 0) is 25.1 Å². The van der Waals surface area contributed by atoms with Crippen molar-refractivity contribution in [2.24, 2.45) is 0 Å². The van der Waals surface area contributed by atoms with Gasteiger partial charge >= 0.3 is 0 Å². The molecule has 9 nitrogen and oxygen atoms in total. The maximum Gasteiger partial charge on any atom is 0.275 e. The molecule has 3 N–H and O–H groups in total. The lowest BCUT2D eigenvalue weighted by Gasteiger charge is -2.33. The fourth-order valence-electron chi connectivity index (χ4n) is 3.45. The van der Waals surface area contributed by atoms with Gasteiger partial charge in [-0.1, -0.05) is 23.2 Å². The number of rotatable bonds is 8. The van der Waals surface area contributed by atoms with Crippen LogP contribution in [0.1, 0.15) is 22.8 Å². The fraction of sp³-hybridized carbons (Fsp3) is 0.381. The zero-order valence-electron chi connectivity index (χ0n) is 17.5. The van der Waals surface area contributed by atoms with Crippen LogP contribution in [0.2, 0.25) is 10.0 Å². The van der Waals surface area contributed by atoms with Gasteiger partial charge in [0.15, 0.2) is 0 Å². The Balaban J connectivity index is 1.62. The number of nitro groups is 1. The van der Waals surface area contributed by atoms with Crippen LogP contribution in [-0.2, 0) is 11.3 Å². The van der Waals surface area contributed by atoms with E-state index in [0.29, 0.717) is 54.9 Å². The third kappa shape index (κ3) is 6.01. The number of benzene rings is 2. The quantitative estimate of drug-likeness (QED) is 0.335. The van der Waals surface area contributed by atoms with E-state index in [1.165, 1.54) is 18.2 Å². The topological polar surface area (TPSA) is 120 Å². The van der Waals surface area contributed by atoms with Crippen molar-refractivity contribution in [3.05, 3.63) is 61.6 Å². The minimum absolute atomic E-state index is 0.0162. The summed E-state index contributed by atoms with van der Waals surface area (Å²) in [4.78, 5) is 25.7. The Morgan fingerprint density at radius 2 is 2.16 bits per heavy atom. The van der Waals surface area contributed by atoms with Crippen molar-refractivity contribution in [1.29, 1.82) is 0 Å². The van der Waals surface area contributed by atoms with E-state index in [9.17, 15) is 14.9 Å². The van der Waals surface area contributed by atoms with Crippen LogP contribution in [0.3, 0.4) is 0 Å². The number of carbonyl (C=O) groups excluding carboxylic acids is 1. The normalized spacial score (nSPS) is 16.5. The minimum Gasteiger partial charge on any atom is -0.493 e. The number of hydrogen-bond acceptors (Lipinski definition) is 7. The van der Waals surface area contributed by atoms with Crippen molar-refractivity contribution in [2.75, 3.05) is 38.6 Å². The number of anilines is 1. The number of carbonyl (C=O) groups is 1. The summed E-state index contributed by atoms with van der Waals surface area (Å²) in [6.45, 7) is 4.38. The molecule has 0 bridgehead atoms. The monoisotopic (exact) mass is 482 g/mol. The van der Waals surface area contributed by atoms with E-state index in [2.05, 4.69) is 5.32 Å². The number of nitrogens with zero attached hydrogens (tertiary/aromatic N) is 2. The van der Waals surface area contributed by atoms with Gasteiger partial charge in [-0.15, -0.1) is 0 Å². The van der Waals surface area contributed by atoms with Crippen LogP contribution >= 0.6 is 23.2 Å². The van der Waals surface area contributed by atoms with Gasteiger partial charge in [0.25, 0.3) is 11.6 Å². The summed E-state index contributed by atoms with van der Waals surface area (Å²) in [6.07, 6.45) is -0.279. The van der Waals surface area contributed by atoms with Gasteiger partial charge in [0, 0.05) is 48.9 Å². The first-order chi connectivity index (χ1) is 15.3. The molecule has 1 aliphatic heterocycles. The van der Waals surface area contributed by atoms with Crippen LogP contribution < -0.4 is 15.8 Å². The van der Waals surface area contributed by atoms with E-state index in [1.807, 2.05) is 11.8 Å². The van der Waals surface area contributed by atoms with Gasteiger partial charge in [0.1, 0.15) is 5.75 Å². The highest BCUT2D eigenvalue weighted by Gasteiger charge is 2.25. The molecule has 0 radical (unpaired) electrons. The van der Waals surface area contributed by atoms with Crippen molar-refractivity contribution in [3.8, 4) is 5.75 Å². The Bertz CT molecular complexity index is 1000. The molecule has 1 aliphatic rings. The summed E-state index contributed by atoms with van der Waals surface area (Å²) in [7, 11) is 0. The second kappa shape index (κ2) is 10.8. The van der Waals surface area contributed by atoms with Crippen molar-refractivity contribution < 1.29 is 19.2 Å². The van der Waals surface area contributed by atoms with Gasteiger partial charge in [-0.25, -0.2) is 0 Å². The Kier molecular flexibility index (Phi) is 8.14. The molecule has 1 heterocycles. The average molecular weight is 483 g/mol. The van der Waals surface area contributed by atoms with Crippen LogP contribution in [0.15, 0.2) is 30.3 Å². The number of nitrogens with two attached hydrogens (primary N) is 1. The van der Waals surface area contributed by atoms with Gasteiger partial charge in [-0.2, -0.15) is 0 Å². The molecular formula is C21H24Cl2N4O5. The van der Waals surface area contributed by atoms with Gasteiger partial charge in [0.05, 0.1) is 40.5 Å². The molecule has 11 heteroatoms. The highest BCUT2D eigenvalue weighted by Crippen LogP contribution is 2.29. The number of morpholine rings is 1. The Morgan fingerprint density at radius 3 is 2.88 bits per heavy atom. The highest BCUT2D eigenvalue weighted by molar-refractivity contribution is 6.33. The molecule has 2 aromatic rings. The molecule has 1 unspecified atom stereocenters. The molecule has 0 saturated carbocycles. The lowest BCUT2D eigenvalue weighted by Crippen LogP contribution is -2.47. The van der Waals surface area contributed by atoms with Crippen LogP contribution in [0, 0.1) is 10.1 Å². The first kappa shape index (κ1) is 24.1. The number of amides is 1. The lowest BCUT2D eigenvalue weighted by atomic mass is 10.1. The number of ether oxygens (including phenoxy) is 2. The minimum atomic E-state index is -0.437. The van der Waals surface area contributed by atoms with E-state index in [1.54, 1.807) is 12.1 Å². The van der Waals surface area contributed by atoms with E-state index >= 15 is 0 Å². The number of nitrogens with one attached hydrogen (secondary N) is 1. The fourth-order valence-corrected chi connectivity index (χ4v) is 3.78. The molecular weight excluding hydrogens is 459 g/mol. The third-order valence-electron chi connectivity index (χ3n) is 4.99. The van der Waals surface area contributed by atoms with E-state index in [0.717, 1.165) is 0 Å². The first-order valence-corrected chi connectivity index (χ1v) is 10.8. The molecule has 32 heavy (non-hydrogen) atoms. The van der Waals surface area contributed by atoms with Crippen molar-refractivity contribution >= 4 is 40.5 Å². The van der Waals surface area contributed by atoms with E-state index < -0.39 is 4.92 Å². The Hall–Kier alpha value is -2.59. The van der Waals surface area contributed by atoms with Crippen molar-refractivity contribution in [3.63, 3.8) is 0 Å². The molecule has 2 aromatic carbocycles. The average Bonchev–Trinajstić information content (AvgIpc) is 2.76. The number of nitrogen functional groups attached to an aromatic ring is 1. The van der Waals surface area contributed by atoms with E-state index in [4.69, 9.17) is 38.4 Å². The highest BCUT2D eigenvalue weighted by atomic mass is 35.5. The summed E-state index contributed by atoms with van der Waals surface area (Å²) in [5, 5.41) is 14.8. The molecule has 172 valence electrons. The maximum absolute atomic E-state index is 12.7. The van der Waals surface area contributed by atoms with Crippen LogP contribution in [0.4, 0.5) is 11.4 Å². The molecule has 1 atom stereocenters. The summed E-state index contributed by atoms with van der Waals surface area (Å²) in [5.41, 5.74) is 6.98. The first-order valence-electron chi connectivity index (χ1n) is 10.0. The van der Waals surface area contributed by atoms with Crippen molar-refractivity contribution in [1.82, 2.24) is 10.2 Å². The van der Waals surface area contributed by atoms with E-state index in [-0.39, 0.29) is 34.8 Å². The molecule has 0 aromatic heterocycles. The molecule has 0 aliphatic carbocycles. The molecule has 1 amide bonds. The second-order valence-corrected chi connectivity index (χ2v) is 8.11. The van der Waals surface area contributed by atoms with Gasteiger partial charge < -0.3 is 20.5 Å². The number of hydrogen-bond donors (Lipinski definition) is 2. The molecule has 1 fully saturated rings. The van der Waals surface area contributed by atoms with Crippen molar-refractivity contribution in [2.45, 2.75) is 19.6 Å². The Morgan fingerprint density at radius 1 is 1.38 bits per heavy atom. The molecule has 3 rings (SSSR count). The molecule has 1 saturated heterocycles. The summed E-state index contributed by atoms with van der Waals surface area (Å²) in [5.74, 6) is -0.00227. The standard InChI is InChI=1S/C21H24Cl2N4O5/c1-2-31-20-9-18(24)17(23)8-16(20)21(28)25-10-15-12-26(5-6-32-15)11-13-3-4-14(22)7-19(13)27(29)30/h3-4,7-9,15H,2,5-6,10-12,24H2,1H3,(H,25,28). The van der Waals surface area contributed by atoms with Crippen LogP contribution in [0.5, 0.6) is 5.75 Å². The van der Waals surface area contributed by atoms with Gasteiger partial charge in [-0.3, -0.25) is 19.8 Å². The zero-order chi connectivity index (χ0) is 23.3. The predicted octanol–water partition coefficient (Wildman–Crippen LogP) is 3.51. The number of halogens is 2. The summed E-state index contributed by atoms with van der Waals surface area (Å²) < 4.78 is 11.3. The van der Waals surface area contributed by atoms with Crippen LogP contribution in [0.25, 0.3) is 0 Å². The summed E-state index contributed by atoms with van der Waals surface area (Å²) >= 11 is 12.0. The predicted molar refractivity (Wildman–Crippen MR) is 122 cm³/mol.